The third-order valence-corrected chi connectivity index (χ3v) is 5.26. The minimum Gasteiger partial charge on any atom is -0.383 e. The van der Waals surface area contributed by atoms with E-state index in [1.807, 2.05) is 12.3 Å². The first-order valence-corrected chi connectivity index (χ1v) is 8.42. The van der Waals surface area contributed by atoms with Gasteiger partial charge in [-0.1, -0.05) is 43.2 Å². The molecule has 1 aromatic rings. The van der Waals surface area contributed by atoms with Crippen LogP contribution >= 0.6 is 0 Å². The van der Waals surface area contributed by atoms with E-state index in [-0.39, 0.29) is 5.78 Å². The maximum atomic E-state index is 12.6. The number of benzene rings is 1. The number of ketones is 1. The van der Waals surface area contributed by atoms with Gasteiger partial charge in [-0.15, -0.1) is 0 Å². The lowest BCUT2D eigenvalue weighted by molar-refractivity contribution is -0.115. The van der Waals surface area contributed by atoms with Gasteiger partial charge in [-0.2, -0.15) is 0 Å². The topological polar surface area (TPSA) is 41.5 Å². The quantitative estimate of drug-likeness (QED) is 0.862. The van der Waals surface area contributed by atoms with E-state index in [1.54, 1.807) is 0 Å². The minimum absolute atomic E-state index is 0.241. The van der Waals surface area contributed by atoms with Gasteiger partial charge in [-0.3, -0.25) is 9.79 Å². The number of hydrogen-bond acceptors (Lipinski definition) is 3. The van der Waals surface area contributed by atoms with E-state index < -0.39 is 0 Å². The van der Waals surface area contributed by atoms with Crippen molar-refractivity contribution < 1.29 is 4.79 Å². The van der Waals surface area contributed by atoms with Crippen molar-refractivity contribution in [2.75, 3.05) is 0 Å². The summed E-state index contributed by atoms with van der Waals surface area (Å²) in [4.78, 5) is 17.3. The Bertz CT molecular complexity index is 632. The lowest BCUT2D eigenvalue weighted by Gasteiger charge is -2.32. The molecule has 22 heavy (non-hydrogen) atoms. The van der Waals surface area contributed by atoms with Crippen LogP contribution in [0.2, 0.25) is 0 Å². The van der Waals surface area contributed by atoms with Crippen LogP contribution in [0.4, 0.5) is 0 Å². The van der Waals surface area contributed by atoms with Crippen molar-refractivity contribution in [3.05, 3.63) is 47.2 Å². The summed E-state index contributed by atoms with van der Waals surface area (Å²) in [6.07, 6.45) is 8.23. The highest BCUT2D eigenvalue weighted by Crippen LogP contribution is 2.35. The number of nitrogens with one attached hydrogen (secondary N) is 1. The molecule has 1 heterocycles. The molecule has 2 aliphatic carbocycles. The van der Waals surface area contributed by atoms with Crippen LogP contribution in [0.15, 0.2) is 46.6 Å². The standard InChI is InChI=1S/C19H22N2O/c22-19-11-14(13-6-2-1-3-7-13)10-18-15(19)12-20-16-8-4-5-9-17(16)21-18/h1-3,6-7,12,14,16-17,21H,4-5,8-11H2/t14-,16-,17-/m0/s1. The highest BCUT2D eigenvalue weighted by atomic mass is 16.1. The predicted molar refractivity (Wildman–Crippen MR) is 88.1 cm³/mol. The number of hydrogen-bond donors (Lipinski definition) is 1. The summed E-state index contributed by atoms with van der Waals surface area (Å²) in [7, 11) is 0. The van der Waals surface area contributed by atoms with Crippen LogP contribution in [0.3, 0.4) is 0 Å². The Kier molecular flexibility index (Phi) is 3.57. The van der Waals surface area contributed by atoms with Crippen molar-refractivity contribution in [2.45, 2.75) is 56.5 Å². The third kappa shape index (κ3) is 2.49. The summed E-state index contributed by atoms with van der Waals surface area (Å²) < 4.78 is 0. The van der Waals surface area contributed by atoms with Crippen molar-refractivity contribution in [3.8, 4) is 0 Å². The molecule has 1 aromatic carbocycles. The molecule has 0 aromatic heterocycles. The van der Waals surface area contributed by atoms with Crippen LogP contribution < -0.4 is 5.32 Å². The van der Waals surface area contributed by atoms with Gasteiger partial charge in [0, 0.05) is 24.4 Å². The number of nitrogens with zero attached hydrogens (tertiary/aromatic N) is 1. The molecule has 0 amide bonds. The molecular weight excluding hydrogens is 272 g/mol. The molecule has 0 unspecified atom stereocenters. The molecule has 3 nitrogen and oxygen atoms in total. The Labute approximate surface area is 131 Å². The Morgan fingerprint density at radius 3 is 2.73 bits per heavy atom. The molecule has 114 valence electrons. The number of fused-ring (bicyclic) bond motifs is 1. The summed E-state index contributed by atoms with van der Waals surface area (Å²) in [6.45, 7) is 0. The Hall–Kier alpha value is -1.90. The first-order valence-electron chi connectivity index (χ1n) is 8.42. The van der Waals surface area contributed by atoms with Gasteiger partial charge in [0.1, 0.15) is 0 Å². The van der Waals surface area contributed by atoms with Gasteiger partial charge in [-0.25, -0.2) is 0 Å². The fourth-order valence-corrected chi connectivity index (χ4v) is 4.03. The van der Waals surface area contributed by atoms with Crippen molar-refractivity contribution in [2.24, 2.45) is 4.99 Å². The van der Waals surface area contributed by atoms with Crippen molar-refractivity contribution >= 4 is 12.0 Å². The summed E-state index contributed by atoms with van der Waals surface area (Å²) in [6, 6.07) is 11.2. The first kappa shape index (κ1) is 13.7. The molecule has 4 rings (SSSR count). The largest absolute Gasteiger partial charge is 0.383 e. The van der Waals surface area contributed by atoms with E-state index in [9.17, 15) is 4.79 Å². The molecule has 0 saturated heterocycles. The molecule has 3 aliphatic rings. The Morgan fingerprint density at radius 1 is 1.05 bits per heavy atom. The van der Waals surface area contributed by atoms with Crippen LogP contribution in [-0.4, -0.2) is 24.1 Å². The Balaban J connectivity index is 1.62. The fraction of sp³-hybridized carbons (Fsp3) is 0.474. The average Bonchev–Trinajstić information content (AvgIpc) is 2.75. The fourth-order valence-electron chi connectivity index (χ4n) is 4.03. The smallest absolute Gasteiger partial charge is 0.166 e. The van der Waals surface area contributed by atoms with Crippen LogP contribution in [-0.2, 0) is 4.79 Å². The van der Waals surface area contributed by atoms with E-state index in [0.717, 1.165) is 24.1 Å². The molecule has 0 radical (unpaired) electrons. The van der Waals surface area contributed by atoms with E-state index in [0.29, 0.717) is 24.4 Å². The minimum atomic E-state index is 0.241. The number of rotatable bonds is 1. The van der Waals surface area contributed by atoms with Gasteiger partial charge in [0.2, 0.25) is 0 Å². The normalized spacial score (nSPS) is 31.1. The zero-order chi connectivity index (χ0) is 14.9. The lowest BCUT2D eigenvalue weighted by Crippen LogP contribution is -2.41. The molecule has 1 saturated carbocycles. The second kappa shape index (κ2) is 5.71. The molecule has 0 bridgehead atoms. The van der Waals surface area contributed by atoms with Crippen LogP contribution in [0.25, 0.3) is 0 Å². The number of Topliss-reactive ketones (excluding diaryl/α,β-unsaturated/α-hetero) is 1. The highest BCUT2D eigenvalue weighted by molar-refractivity contribution is 6.15. The average molecular weight is 294 g/mol. The zero-order valence-electron chi connectivity index (χ0n) is 12.8. The number of aliphatic imine (C=N–C) groups is 1. The molecule has 1 N–H and O–H groups in total. The molecular formula is C19H22N2O. The molecule has 3 heteroatoms. The highest BCUT2D eigenvalue weighted by Gasteiger charge is 2.33. The van der Waals surface area contributed by atoms with Crippen LogP contribution in [0.1, 0.15) is 50.0 Å². The maximum absolute atomic E-state index is 12.6. The number of carbonyl (C=O) groups is 1. The summed E-state index contributed by atoms with van der Waals surface area (Å²) >= 11 is 0. The molecule has 1 fully saturated rings. The van der Waals surface area contributed by atoms with E-state index >= 15 is 0 Å². The SMILES string of the molecule is O=C1C[C@@H](c2ccccc2)CC2=C1C=N[C@H]1CCCC[C@@H]1N2. The van der Waals surface area contributed by atoms with Crippen molar-refractivity contribution in [1.82, 2.24) is 5.32 Å². The first-order chi connectivity index (χ1) is 10.8. The van der Waals surface area contributed by atoms with Gasteiger partial charge in [-0.05, 0) is 30.7 Å². The van der Waals surface area contributed by atoms with Crippen molar-refractivity contribution in [1.29, 1.82) is 0 Å². The summed E-state index contributed by atoms with van der Waals surface area (Å²) in [5, 5.41) is 3.68. The summed E-state index contributed by atoms with van der Waals surface area (Å²) in [5.41, 5.74) is 3.23. The molecule has 1 aliphatic heterocycles. The van der Waals surface area contributed by atoms with Gasteiger partial charge < -0.3 is 5.32 Å². The third-order valence-electron chi connectivity index (χ3n) is 5.26. The second-order valence-electron chi connectivity index (χ2n) is 6.71. The van der Waals surface area contributed by atoms with Crippen LogP contribution in [0, 0.1) is 0 Å². The van der Waals surface area contributed by atoms with Crippen molar-refractivity contribution in [3.63, 3.8) is 0 Å². The molecule has 0 spiro atoms. The van der Waals surface area contributed by atoms with Gasteiger partial charge >= 0.3 is 0 Å². The van der Waals surface area contributed by atoms with Gasteiger partial charge in [0.05, 0.1) is 11.6 Å². The van der Waals surface area contributed by atoms with E-state index in [2.05, 4.69) is 29.6 Å². The molecule has 3 atom stereocenters. The lowest BCUT2D eigenvalue weighted by atomic mass is 9.81. The number of carbonyl (C=O) groups excluding carboxylic acids is 1. The Morgan fingerprint density at radius 2 is 1.86 bits per heavy atom. The monoisotopic (exact) mass is 294 g/mol. The van der Waals surface area contributed by atoms with E-state index in [1.165, 1.54) is 24.8 Å². The maximum Gasteiger partial charge on any atom is 0.166 e. The predicted octanol–water partition coefficient (Wildman–Crippen LogP) is 3.37. The number of allylic oxidation sites excluding steroid dienone is 2. The van der Waals surface area contributed by atoms with Gasteiger partial charge in [0.25, 0.3) is 0 Å². The van der Waals surface area contributed by atoms with E-state index in [4.69, 9.17) is 4.99 Å². The van der Waals surface area contributed by atoms with Gasteiger partial charge in [0.15, 0.2) is 5.78 Å². The summed E-state index contributed by atoms with van der Waals surface area (Å²) in [5.74, 6) is 0.540. The van der Waals surface area contributed by atoms with Crippen LogP contribution in [0.5, 0.6) is 0 Å². The second-order valence-corrected chi connectivity index (χ2v) is 6.71. The zero-order valence-corrected chi connectivity index (χ0v) is 12.8.